The number of para-hydroxylation sites is 1. The molecule has 1 aromatic carbocycles. The normalized spacial score (nSPS) is 22.8. The van der Waals surface area contributed by atoms with Gasteiger partial charge in [0, 0.05) is 18.6 Å². The van der Waals surface area contributed by atoms with E-state index in [4.69, 9.17) is 4.74 Å². The number of anilines is 1. The van der Waals surface area contributed by atoms with Gasteiger partial charge >= 0.3 is 12.0 Å². The van der Waals surface area contributed by atoms with Crippen LogP contribution in [0.25, 0.3) is 0 Å². The Balaban J connectivity index is 1.38. The molecule has 3 atom stereocenters. The second-order valence-electron chi connectivity index (χ2n) is 7.06. The van der Waals surface area contributed by atoms with Gasteiger partial charge in [-0.3, -0.25) is 4.79 Å². The van der Waals surface area contributed by atoms with Crippen molar-refractivity contribution in [2.24, 2.45) is 5.92 Å². The average Bonchev–Trinajstić information content (AvgIpc) is 3.44. The Morgan fingerprint density at radius 2 is 1.96 bits per heavy atom. The van der Waals surface area contributed by atoms with Crippen molar-refractivity contribution in [3.63, 3.8) is 0 Å². The molecule has 1 saturated carbocycles. The molecule has 3 unspecified atom stereocenters. The monoisotopic (exact) mass is 399 g/mol. The molecule has 0 radical (unpaired) electrons. The zero-order valence-electron chi connectivity index (χ0n) is 15.4. The number of benzene rings is 1. The smallest absolute Gasteiger partial charge is 0.339 e. The fourth-order valence-electron chi connectivity index (χ4n) is 4.09. The van der Waals surface area contributed by atoms with Gasteiger partial charge in [-0.25, -0.2) is 9.59 Å². The molecular weight excluding hydrogens is 378 g/mol. The minimum atomic E-state index is -0.491. The number of urea groups is 1. The summed E-state index contributed by atoms with van der Waals surface area (Å²) in [5.41, 5.74) is 0.758. The third-order valence-corrected chi connectivity index (χ3v) is 6.31. The number of esters is 1. The number of methoxy groups -OCH3 is 1. The summed E-state index contributed by atoms with van der Waals surface area (Å²) in [6, 6.07) is 10.4. The SMILES string of the molecule is COC(=O)c1ccccc1NC(=O)N1CC2CC1CC2NC(=O)c1cccs1. The van der Waals surface area contributed by atoms with Gasteiger partial charge in [0.2, 0.25) is 0 Å². The summed E-state index contributed by atoms with van der Waals surface area (Å²) < 4.78 is 4.77. The Hall–Kier alpha value is -2.87. The maximum Gasteiger partial charge on any atom is 0.339 e. The number of hydrogen-bond donors (Lipinski definition) is 2. The molecule has 2 N–H and O–H groups in total. The van der Waals surface area contributed by atoms with Crippen LogP contribution in [0.3, 0.4) is 0 Å². The van der Waals surface area contributed by atoms with Crippen LogP contribution in [0.4, 0.5) is 10.5 Å². The van der Waals surface area contributed by atoms with E-state index in [2.05, 4.69) is 10.6 Å². The Kier molecular flexibility index (Phi) is 5.04. The number of ether oxygens (including phenoxy) is 1. The number of amides is 3. The number of carbonyl (C=O) groups is 3. The molecule has 1 saturated heterocycles. The number of fused-ring (bicyclic) bond motifs is 2. The van der Waals surface area contributed by atoms with E-state index in [1.54, 1.807) is 29.2 Å². The van der Waals surface area contributed by atoms with Crippen molar-refractivity contribution < 1.29 is 19.1 Å². The van der Waals surface area contributed by atoms with E-state index in [1.807, 2.05) is 17.5 Å². The molecular formula is C20H21N3O4S. The van der Waals surface area contributed by atoms with E-state index >= 15 is 0 Å². The number of likely N-dealkylation sites (tertiary alicyclic amines) is 1. The van der Waals surface area contributed by atoms with Crippen LogP contribution in [0, 0.1) is 5.92 Å². The molecule has 2 heterocycles. The second kappa shape index (κ2) is 7.63. The molecule has 2 fully saturated rings. The minimum absolute atomic E-state index is 0.0458. The van der Waals surface area contributed by atoms with E-state index in [1.165, 1.54) is 18.4 Å². The molecule has 3 amide bonds. The first-order chi connectivity index (χ1) is 13.6. The molecule has 146 valence electrons. The van der Waals surface area contributed by atoms with E-state index in [0.717, 1.165) is 12.8 Å². The van der Waals surface area contributed by atoms with Gasteiger partial charge in [-0.1, -0.05) is 18.2 Å². The van der Waals surface area contributed by atoms with E-state index < -0.39 is 5.97 Å². The zero-order chi connectivity index (χ0) is 19.7. The maximum atomic E-state index is 12.8. The average molecular weight is 399 g/mol. The summed E-state index contributed by atoms with van der Waals surface area (Å²) in [5.74, 6) is -0.290. The third-order valence-electron chi connectivity index (χ3n) is 5.44. The van der Waals surface area contributed by atoms with Crippen molar-refractivity contribution in [2.45, 2.75) is 24.9 Å². The predicted molar refractivity (Wildman–Crippen MR) is 106 cm³/mol. The van der Waals surface area contributed by atoms with E-state index in [-0.39, 0.29) is 29.9 Å². The van der Waals surface area contributed by atoms with Crippen molar-refractivity contribution >= 4 is 34.9 Å². The van der Waals surface area contributed by atoms with Gasteiger partial charge in [0.25, 0.3) is 5.91 Å². The van der Waals surface area contributed by atoms with E-state index in [0.29, 0.717) is 22.7 Å². The molecule has 7 nitrogen and oxygen atoms in total. The van der Waals surface area contributed by atoms with Crippen LogP contribution in [0.15, 0.2) is 41.8 Å². The molecule has 2 aliphatic rings. The van der Waals surface area contributed by atoms with Crippen LogP contribution >= 0.6 is 11.3 Å². The molecule has 2 bridgehead atoms. The van der Waals surface area contributed by atoms with Crippen LogP contribution in [0.5, 0.6) is 0 Å². The van der Waals surface area contributed by atoms with Crippen molar-refractivity contribution in [1.82, 2.24) is 10.2 Å². The minimum Gasteiger partial charge on any atom is -0.465 e. The lowest BCUT2D eigenvalue weighted by Gasteiger charge is -2.32. The molecule has 4 rings (SSSR count). The van der Waals surface area contributed by atoms with Gasteiger partial charge < -0.3 is 20.3 Å². The predicted octanol–water partition coefficient (Wildman–Crippen LogP) is 2.96. The van der Waals surface area contributed by atoms with Crippen molar-refractivity contribution in [2.75, 3.05) is 19.0 Å². The summed E-state index contributed by atoms with van der Waals surface area (Å²) >= 11 is 1.42. The number of nitrogens with one attached hydrogen (secondary N) is 2. The number of hydrogen-bond acceptors (Lipinski definition) is 5. The Labute approximate surface area is 166 Å². The van der Waals surface area contributed by atoms with Crippen LogP contribution < -0.4 is 10.6 Å². The number of rotatable bonds is 4. The molecule has 8 heteroatoms. The highest BCUT2D eigenvalue weighted by Crippen LogP contribution is 2.38. The van der Waals surface area contributed by atoms with Gasteiger partial charge in [-0.15, -0.1) is 11.3 Å². The lowest BCUT2D eigenvalue weighted by Crippen LogP contribution is -2.48. The van der Waals surface area contributed by atoms with Gasteiger partial charge in [0.15, 0.2) is 0 Å². The summed E-state index contributed by atoms with van der Waals surface area (Å²) in [6.07, 6.45) is 1.62. The fraction of sp³-hybridized carbons (Fsp3) is 0.350. The first-order valence-electron chi connectivity index (χ1n) is 9.16. The fourth-order valence-corrected chi connectivity index (χ4v) is 4.72. The van der Waals surface area contributed by atoms with Crippen molar-refractivity contribution in [3.05, 3.63) is 52.2 Å². The van der Waals surface area contributed by atoms with Gasteiger partial charge in [0.1, 0.15) is 0 Å². The van der Waals surface area contributed by atoms with Gasteiger partial charge in [-0.2, -0.15) is 0 Å². The topological polar surface area (TPSA) is 87.7 Å². The molecule has 28 heavy (non-hydrogen) atoms. The molecule has 0 spiro atoms. The van der Waals surface area contributed by atoms with Crippen LogP contribution in [0.2, 0.25) is 0 Å². The molecule has 1 aromatic heterocycles. The Morgan fingerprint density at radius 3 is 2.64 bits per heavy atom. The lowest BCUT2D eigenvalue weighted by molar-refractivity contribution is 0.0601. The summed E-state index contributed by atoms with van der Waals surface area (Å²) in [6.45, 7) is 0.590. The van der Waals surface area contributed by atoms with Crippen molar-refractivity contribution in [1.29, 1.82) is 0 Å². The van der Waals surface area contributed by atoms with Gasteiger partial charge in [0.05, 0.1) is 23.2 Å². The Bertz CT molecular complexity index is 899. The highest BCUT2D eigenvalue weighted by atomic mass is 32.1. The highest BCUT2D eigenvalue weighted by Gasteiger charge is 2.47. The zero-order valence-corrected chi connectivity index (χ0v) is 16.2. The molecule has 2 aromatic rings. The quantitative estimate of drug-likeness (QED) is 0.774. The first-order valence-corrected chi connectivity index (χ1v) is 10.0. The molecule has 1 aliphatic heterocycles. The first kappa shape index (κ1) is 18.5. The van der Waals surface area contributed by atoms with Gasteiger partial charge in [-0.05, 0) is 42.3 Å². The number of carbonyl (C=O) groups excluding carboxylic acids is 3. The Morgan fingerprint density at radius 1 is 1.14 bits per heavy atom. The number of piperidine rings is 1. The van der Waals surface area contributed by atoms with Crippen LogP contribution in [-0.2, 0) is 4.74 Å². The highest BCUT2D eigenvalue weighted by molar-refractivity contribution is 7.12. The summed E-state index contributed by atoms with van der Waals surface area (Å²) in [7, 11) is 1.31. The summed E-state index contributed by atoms with van der Waals surface area (Å²) in [4.78, 5) is 39.4. The van der Waals surface area contributed by atoms with Crippen LogP contribution in [-0.4, -0.2) is 48.5 Å². The molecule has 1 aliphatic carbocycles. The largest absolute Gasteiger partial charge is 0.465 e. The third kappa shape index (κ3) is 3.47. The number of thiophene rings is 1. The van der Waals surface area contributed by atoms with Crippen molar-refractivity contribution in [3.8, 4) is 0 Å². The van der Waals surface area contributed by atoms with E-state index in [9.17, 15) is 14.4 Å². The maximum absolute atomic E-state index is 12.8. The number of nitrogens with zero attached hydrogens (tertiary/aromatic N) is 1. The second-order valence-corrected chi connectivity index (χ2v) is 8.01. The standard InChI is InChI=1S/C20H21N3O4S/c1-27-19(25)14-5-2-3-6-15(14)22-20(26)23-11-12-9-13(23)10-16(12)21-18(24)17-7-4-8-28-17/h2-8,12-13,16H,9-11H2,1H3,(H,21,24)(H,22,26). The summed E-state index contributed by atoms with van der Waals surface area (Å²) in [5, 5.41) is 7.82. The van der Waals surface area contributed by atoms with Crippen LogP contribution in [0.1, 0.15) is 32.9 Å². The lowest BCUT2D eigenvalue weighted by atomic mass is 10.0.